The maximum Gasteiger partial charge on any atom is 0.459 e. The Morgan fingerprint density at radius 1 is 1.19 bits per heavy atom. The number of para-hydroxylation sites is 1. The van der Waals surface area contributed by atoms with Crippen molar-refractivity contribution in [2.75, 3.05) is 12.3 Å². The maximum absolute atomic E-state index is 15.3. The lowest BCUT2D eigenvalue weighted by atomic mass is 10.1. The lowest BCUT2D eigenvalue weighted by molar-refractivity contribution is -0.146. The first kappa shape index (κ1) is 29.5. The van der Waals surface area contributed by atoms with Crippen LogP contribution in [-0.4, -0.2) is 61.6 Å². The number of nitrogens with two attached hydrogens (primary N) is 1. The number of ether oxygens (including phenoxy) is 2. The predicted octanol–water partition coefficient (Wildman–Crippen LogP) is 3.24. The van der Waals surface area contributed by atoms with Crippen molar-refractivity contribution in [3.63, 3.8) is 0 Å². The molecule has 5 rings (SSSR count). The van der Waals surface area contributed by atoms with E-state index >= 15 is 4.39 Å². The molecule has 2 aromatic heterocycles. The molecular formula is C27H30FN6O7P. The molecule has 1 saturated heterocycles. The Hall–Kier alpha value is -3.94. The van der Waals surface area contributed by atoms with Crippen LogP contribution in [0.25, 0.3) is 11.2 Å². The number of aliphatic hydroxyl groups is 1. The molecule has 0 radical (unpaired) electrons. The molecule has 2 aromatic carbocycles. The van der Waals surface area contributed by atoms with E-state index in [-0.39, 0.29) is 29.3 Å². The largest absolute Gasteiger partial charge is 0.460 e. The lowest BCUT2D eigenvalue weighted by Gasteiger charge is -2.24. The van der Waals surface area contributed by atoms with E-state index in [0.29, 0.717) is 5.82 Å². The molecule has 1 aliphatic heterocycles. The third-order valence-electron chi connectivity index (χ3n) is 6.43. The SMILES string of the molecule is Cc1nc(N)c2ncn([C@@H]3O[C@H](COP(=O)(N[C@@H](C)C(=O)OCc4ccccc4)Oc4ccccc4)C(O)[C@H]3F)c2n1. The zero-order valence-corrected chi connectivity index (χ0v) is 23.6. The fraction of sp³-hybridized carbons (Fsp3) is 0.333. The highest BCUT2D eigenvalue weighted by Crippen LogP contribution is 2.46. The highest BCUT2D eigenvalue weighted by atomic mass is 31.2. The minimum Gasteiger partial charge on any atom is -0.460 e. The molecule has 1 aliphatic rings. The minimum atomic E-state index is -4.30. The van der Waals surface area contributed by atoms with Crippen molar-refractivity contribution in [1.82, 2.24) is 24.6 Å². The van der Waals surface area contributed by atoms with Gasteiger partial charge in [-0.2, -0.15) is 5.09 Å². The molecule has 6 atom stereocenters. The Morgan fingerprint density at radius 3 is 2.60 bits per heavy atom. The van der Waals surface area contributed by atoms with Gasteiger partial charge in [-0.05, 0) is 31.5 Å². The summed E-state index contributed by atoms with van der Waals surface area (Å²) in [5.74, 6) is -0.0579. The number of hydrogen-bond acceptors (Lipinski definition) is 11. The third-order valence-corrected chi connectivity index (χ3v) is 8.08. The number of fused-ring (bicyclic) bond motifs is 1. The first-order chi connectivity index (χ1) is 20.1. The van der Waals surface area contributed by atoms with Gasteiger partial charge < -0.3 is 24.8 Å². The molecule has 0 amide bonds. The zero-order chi connectivity index (χ0) is 29.9. The van der Waals surface area contributed by atoms with E-state index in [1.165, 1.54) is 17.8 Å². The molecule has 15 heteroatoms. The van der Waals surface area contributed by atoms with Gasteiger partial charge in [-0.1, -0.05) is 48.5 Å². The first-order valence-electron chi connectivity index (χ1n) is 13.1. The number of nitrogen functional groups attached to an aromatic ring is 1. The van der Waals surface area contributed by atoms with Crippen LogP contribution in [0, 0.1) is 6.92 Å². The zero-order valence-electron chi connectivity index (χ0n) is 22.7. The fourth-order valence-corrected chi connectivity index (χ4v) is 5.83. The Labute approximate surface area is 240 Å². The number of aryl methyl sites for hydroxylation is 1. The van der Waals surface area contributed by atoms with Crippen LogP contribution in [0.2, 0.25) is 0 Å². The molecule has 0 bridgehead atoms. The second-order valence-corrected chi connectivity index (χ2v) is 11.3. The molecular weight excluding hydrogens is 570 g/mol. The van der Waals surface area contributed by atoms with Crippen molar-refractivity contribution in [1.29, 1.82) is 0 Å². The van der Waals surface area contributed by atoms with E-state index in [1.54, 1.807) is 49.4 Å². The molecule has 42 heavy (non-hydrogen) atoms. The molecule has 13 nitrogen and oxygen atoms in total. The van der Waals surface area contributed by atoms with Crippen LogP contribution in [0.3, 0.4) is 0 Å². The second-order valence-electron chi connectivity index (χ2n) is 9.62. The number of rotatable bonds is 11. The van der Waals surface area contributed by atoms with Gasteiger partial charge in [0.25, 0.3) is 0 Å². The molecule has 1 fully saturated rings. The number of halogens is 1. The van der Waals surface area contributed by atoms with Gasteiger partial charge in [0.1, 0.15) is 41.9 Å². The molecule has 0 aliphatic carbocycles. The highest BCUT2D eigenvalue weighted by molar-refractivity contribution is 7.52. The van der Waals surface area contributed by atoms with E-state index in [9.17, 15) is 14.5 Å². The van der Waals surface area contributed by atoms with Crippen LogP contribution >= 0.6 is 7.75 Å². The van der Waals surface area contributed by atoms with E-state index in [4.69, 9.17) is 24.3 Å². The number of aromatic nitrogens is 4. The van der Waals surface area contributed by atoms with Crippen LogP contribution in [0.4, 0.5) is 10.2 Å². The summed E-state index contributed by atoms with van der Waals surface area (Å²) in [6, 6.07) is 16.1. The number of aliphatic hydroxyl groups excluding tert-OH is 1. The quantitative estimate of drug-likeness (QED) is 0.170. The van der Waals surface area contributed by atoms with Gasteiger partial charge in [0, 0.05) is 0 Å². The number of benzene rings is 2. The average molecular weight is 601 g/mol. The number of carbonyl (C=O) groups excluding carboxylic acids is 1. The fourth-order valence-electron chi connectivity index (χ4n) is 4.33. The van der Waals surface area contributed by atoms with Crippen molar-refractivity contribution in [2.45, 2.75) is 51.1 Å². The standard InChI is InChI=1S/C27H30FN6O7P/c1-16(27(36)38-13-18-9-5-3-6-10-18)33-42(37,41-19-11-7-4-8-12-19)39-14-20-23(35)21(28)26(40-20)34-15-30-22-24(29)31-17(2)32-25(22)34/h3-12,15-16,20-21,23,26,35H,13-14H2,1-2H3,(H,33,37)(H2,29,31,32)/t16-,20+,21+,23?,26+,42?/m0/s1. The van der Waals surface area contributed by atoms with Crippen LogP contribution in [0.15, 0.2) is 67.0 Å². The molecule has 4 N–H and O–H groups in total. The highest BCUT2D eigenvalue weighted by Gasteiger charge is 2.47. The summed E-state index contributed by atoms with van der Waals surface area (Å²) in [5.41, 5.74) is 7.16. The number of hydrogen-bond donors (Lipinski definition) is 3. The van der Waals surface area contributed by atoms with Gasteiger partial charge in [0.2, 0.25) is 0 Å². The third kappa shape index (κ3) is 6.58. The number of nitrogens with one attached hydrogen (secondary N) is 1. The van der Waals surface area contributed by atoms with Crippen LogP contribution in [-0.2, 0) is 30.0 Å². The Balaban J connectivity index is 1.29. The summed E-state index contributed by atoms with van der Waals surface area (Å²) in [4.78, 5) is 25.1. The Bertz CT molecular complexity index is 1580. The molecule has 0 spiro atoms. The number of anilines is 1. The van der Waals surface area contributed by atoms with Gasteiger partial charge in [-0.15, -0.1) is 0 Å². The van der Waals surface area contributed by atoms with E-state index in [1.807, 2.05) is 18.2 Å². The number of imidazole rings is 1. The van der Waals surface area contributed by atoms with Crippen molar-refractivity contribution < 1.29 is 37.4 Å². The van der Waals surface area contributed by atoms with E-state index in [0.717, 1.165) is 5.56 Å². The summed E-state index contributed by atoms with van der Waals surface area (Å²) in [6.07, 6.45) is -4.89. The lowest BCUT2D eigenvalue weighted by Crippen LogP contribution is -2.37. The summed E-state index contributed by atoms with van der Waals surface area (Å²) in [6.45, 7) is 2.52. The molecule has 2 unspecified atom stereocenters. The summed E-state index contributed by atoms with van der Waals surface area (Å²) >= 11 is 0. The number of alkyl halides is 1. The monoisotopic (exact) mass is 600 g/mol. The predicted molar refractivity (Wildman–Crippen MR) is 149 cm³/mol. The van der Waals surface area contributed by atoms with Crippen molar-refractivity contribution in [3.8, 4) is 5.75 Å². The van der Waals surface area contributed by atoms with Crippen molar-refractivity contribution >= 4 is 30.7 Å². The van der Waals surface area contributed by atoms with E-state index < -0.39 is 51.0 Å². The van der Waals surface area contributed by atoms with Gasteiger partial charge >= 0.3 is 13.7 Å². The molecule has 222 valence electrons. The summed E-state index contributed by atoms with van der Waals surface area (Å²) < 4.78 is 52.8. The van der Waals surface area contributed by atoms with Gasteiger partial charge in [0.15, 0.2) is 23.9 Å². The van der Waals surface area contributed by atoms with Gasteiger partial charge in [-0.3, -0.25) is 13.9 Å². The van der Waals surface area contributed by atoms with Crippen LogP contribution in [0.5, 0.6) is 5.75 Å². The van der Waals surface area contributed by atoms with Crippen LogP contribution in [0.1, 0.15) is 24.5 Å². The average Bonchev–Trinajstić information content (AvgIpc) is 3.52. The minimum absolute atomic E-state index is 0.0107. The summed E-state index contributed by atoms with van der Waals surface area (Å²) in [5, 5.41) is 13.2. The van der Waals surface area contributed by atoms with Gasteiger partial charge in [0.05, 0.1) is 12.9 Å². The number of nitrogens with zero attached hydrogens (tertiary/aromatic N) is 4. The molecule has 4 aromatic rings. The maximum atomic E-state index is 15.3. The van der Waals surface area contributed by atoms with Gasteiger partial charge in [-0.25, -0.2) is 23.9 Å². The normalized spacial score (nSPS) is 22.5. The smallest absolute Gasteiger partial charge is 0.459 e. The molecule has 0 saturated carbocycles. The molecule has 3 heterocycles. The number of esters is 1. The van der Waals surface area contributed by atoms with E-state index in [2.05, 4.69) is 20.0 Å². The second kappa shape index (κ2) is 12.5. The van der Waals surface area contributed by atoms with Crippen molar-refractivity contribution in [2.24, 2.45) is 0 Å². The van der Waals surface area contributed by atoms with Crippen LogP contribution < -0.4 is 15.3 Å². The van der Waals surface area contributed by atoms with Crippen molar-refractivity contribution in [3.05, 3.63) is 78.4 Å². The first-order valence-corrected chi connectivity index (χ1v) is 14.6. The number of carbonyl (C=O) groups is 1. The topological polar surface area (TPSA) is 173 Å². The Kier molecular flexibility index (Phi) is 8.80. The Morgan fingerprint density at radius 2 is 1.88 bits per heavy atom. The summed E-state index contributed by atoms with van der Waals surface area (Å²) in [7, 11) is -4.30.